The summed E-state index contributed by atoms with van der Waals surface area (Å²) in [5.41, 5.74) is 1.84. The number of aryl methyl sites for hydroxylation is 1. The lowest BCUT2D eigenvalue weighted by molar-refractivity contribution is 0.0589. The van der Waals surface area contributed by atoms with Crippen LogP contribution in [-0.4, -0.2) is 46.3 Å². The van der Waals surface area contributed by atoms with Crippen LogP contribution < -0.4 is 10.6 Å². The van der Waals surface area contributed by atoms with E-state index in [1.54, 1.807) is 22.9 Å². The van der Waals surface area contributed by atoms with Gasteiger partial charge in [0.05, 0.1) is 30.9 Å². The van der Waals surface area contributed by atoms with Gasteiger partial charge in [-0.1, -0.05) is 13.8 Å². The van der Waals surface area contributed by atoms with Gasteiger partial charge in [-0.2, -0.15) is 0 Å². The summed E-state index contributed by atoms with van der Waals surface area (Å²) >= 11 is 0. The van der Waals surface area contributed by atoms with Crippen molar-refractivity contribution in [3.8, 4) is 0 Å². The molecule has 0 aliphatic carbocycles. The molecule has 3 aromatic heterocycles. The van der Waals surface area contributed by atoms with Crippen LogP contribution in [0.4, 0.5) is 11.4 Å². The number of nitrogens with zero attached hydrogens (tertiary/aromatic N) is 2. The van der Waals surface area contributed by atoms with E-state index in [9.17, 15) is 14.7 Å². The fourth-order valence-corrected chi connectivity index (χ4v) is 3.48. The zero-order valence-electron chi connectivity index (χ0n) is 18.8. The lowest BCUT2D eigenvalue weighted by Crippen LogP contribution is -2.17. The summed E-state index contributed by atoms with van der Waals surface area (Å²) in [6.45, 7) is 6.75. The van der Waals surface area contributed by atoms with Gasteiger partial charge in [-0.3, -0.25) is 4.79 Å². The lowest BCUT2D eigenvalue weighted by Gasteiger charge is -2.14. The van der Waals surface area contributed by atoms with Gasteiger partial charge in [-0.15, -0.1) is 0 Å². The van der Waals surface area contributed by atoms with Gasteiger partial charge in [0.2, 0.25) is 0 Å². The standard InChI is InChI=1S/C23H30N4O5/c1-14(2)7-9-27-20(23(30)31-4)19(26-22(29)18-6-5-11-32-18)17-12-16(13-24-21(17)27)25-15(3)8-10-28/h5-6,11-15,25,28H,7-10H2,1-4H3,(H,26,29)/t15-/m0/s1. The first-order chi connectivity index (χ1) is 15.3. The minimum atomic E-state index is -0.565. The van der Waals surface area contributed by atoms with Gasteiger partial charge in [0.15, 0.2) is 11.5 Å². The smallest absolute Gasteiger partial charge is 0.356 e. The van der Waals surface area contributed by atoms with Crippen molar-refractivity contribution >= 4 is 34.3 Å². The number of anilines is 2. The number of aromatic nitrogens is 2. The molecule has 9 heteroatoms. The van der Waals surface area contributed by atoms with E-state index in [0.29, 0.717) is 41.3 Å². The van der Waals surface area contributed by atoms with Crippen molar-refractivity contribution in [1.82, 2.24) is 9.55 Å². The van der Waals surface area contributed by atoms with Crippen LogP contribution in [0.15, 0.2) is 35.1 Å². The van der Waals surface area contributed by atoms with Crippen molar-refractivity contribution in [3.05, 3.63) is 42.1 Å². The van der Waals surface area contributed by atoms with E-state index in [-0.39, 0.29) is 24.1 Å². The first kappa shape index (κ1) is 23.3. The topological polar surface area (TPSA) is 119 Å². The first-order valence-corrected chi connectivity index (χ1v) is 10.7. The monoisotopic (exact) mass is 442 g/mol. The molecule has 0 aliphatic rings. The van der Waals surface area contributed by atoms with E-state index in [0.717, 1.165) is 6.42 Å². The molecular formula is C23H30N4O5. The van der Waals surface area contributed by atoms with Crippen LogP contribution in [0.5, 0.6) is 0 Å². The van der Waals surface area contributed by atoms with Gasteiger partial charge < -0.3 is 29.5 Å². The predicted octanol–water partition coefficient (Wildman–Crippen LogP) is 3.90. The summed E-state index contributed by atoms with van der Waals surface area (Å²) in [6.07, 6.45) is 4.48. The molecule has 0 fully saturated rings. The summed E-state index contributed by atoms with van der Waals surface area (Å²) in [5.74, 6) is -0.512. The molecule has 3 rings (SSSR count). The Hall–Kier alpha value is -3.33. The van der Waals surface area contributed by atoms with Gasteiger partial charge in [0, 0.05) is 24.6 Å². The number of carbonyl (C=O) groups excluding carboxylic acids is 2. The number of aliphatic hydroxyl groups is 1. The zero-order valence-corrected chi connectivity index (χ0v) is 18.8. The number of pyridine rings is 1. The first-order valence-electron chi connectivity index (χ1n) is 10.7. The molecule has 32 heavy (non-hydrogen) atoms. The molecule has 0 spiro atoms. The molecule has 172 valence electrons. The van der Waals surface area contributed by atoms with Crippen LogP contribution in [-0.2, 0) is 11.3 Å². The fraction of sp³-hybridized carbons (Fsp3) is 0.435. The molecule has 3 aromatic rings. The highest BCUT2D eigenvalue weighted by Crippen LogP contribution is 2.33. The van der Waals surface area contributed by atoms with Gasteiger partial charge in [-0.25, -0.2) is 9.78 Å². The van der Waals surface area contributed by atoms with Gasteiger partial charge in [-0.05, 0) is 43.9 Å². The summed E-state index contributed by atoms with van der Waals surface area (Å²) in [4.78, 5) is 30.2. The number of fused-ring (bicyclic) bond motifs is 1. The van der Waals surface area contributed by atoms with E-state index < -0.39 is 11.9 Å². The molecule has 9 nitrogen and oxygen atoms in total. The normalized spacial score (nSPS) is 12.2. The fourth-order valence-electron chi connectivity index (χ4n) is 3.48. The van der Waals surface area contributed by atoms with Crippen LogP contribution in [0.3, 0.4) is 0 Å². The third kappa shape index (κ3) is 5.11. The second-order valence-corrected chi connectivity index (χ2v) is 8.13. The maximum Gasteiger partial charge on any atom is 0.356 e. The second kappa shape index (κ2) is 10.3. The van der Waals surface area contributed by atoms with Crippen molar-refractivity contribution in [1.29, 1.82) is 0 Å². The number of carbonyl (C=O) groups is 2. The molecule has 0 aromatic carbocycles. The van der Waals surface area contributed by atoms with E-state index in [2.05, 4.69) is 29.5 Å². The molecule has 0 radical (unpaired) electrons. The number of hydrogen-bond acceptors (Lipinski definition) is 7. The Balaban J connectivity index is 2.14. The molecule has 0 aliphatic heterocycles. The van der Waals surface area contributed by atoms with Crippen LogP contribution in [0.25, 0.3) is 11.0 Å². The predicted molar refractivity (Wildman–Crippen MR) is 122 cm³/mol. The van der Waals surface area contributed by atoms with Crippen LogP contribution in [0, 0.1) is 5.92 Å². The molecule has 3 heterocycles. The van der Waals surface area contributed by atoms with Gasteiger partial charge >= 0.3 is 5.97 Å². The van der Waals surface area contributed by atoms with Crippen molar-refractivity contribution in [2.24, 2.45) is 5.92 Å². The van der Waals surface area contributed by atoms with Crippen molar-refractivity contribution < 1.29 is 23.8 Å². The Labute approximate surface area is 186 Å². The quantitative estimate of drug-likeness (QED) is 0.408. The second-order valence-electron chi connectivity index (χ2n) is 8.13. The molecular weight excluding hydrogens is 412 g/mol. The number of hydrogen-bond donors (Lipinski definition) is 3. The number of ether oxygens (including phenoxy) is 1. The summed E-state index contributed by atoms with van der Waals surface area (Å²) in [5, 5.41) is 15.9. The van der Waals surface area contributed by atoms with Crippen molar-refractivity contribution in [2.45, 2.75) is 46.2 Å². The maximum atomic E-state index is 12.8. The van der Waals surface area contributed by atoms with Gasteiger partial charge in [0.25, 0.3) is 5.91 Å². The number of furan rings is 1. The Bertz CT molecular complexity index is 1070. The van der Waals surface area contributed by atoms with Crippen LogP contribution in [0.2, 0.25) is 0 Å². The third-order valence-electron chi connectivity index (χ3n) is 5.17. The highest BCUT2D eigenvalue weighted by Gasteiger charge is 2.27. The Kier molecular flexibility index (Phi) is 7.53. The van der Waals surface area contributed by atoms with Crippen LogP contribution in [0.1, 0.15) is 54.7 Å². The summed E-state index contributed by atoms with van der Waals surface area (Å²) in [7, 11) is 1.31. The van der Waals surface area contributed by atoms with Crippen LogP contribution >= 0.6 is 0 Å². The third-order valence-corrected chi connectivity index (χ3v) is 5.17. The molecule has 0 saturated carbocycles. The lowest BCUT2D eigenvalue weighted by atomic mass is 10.1. The summed E-state index contributed by atoms with van der Waals surface area (Å²) < 4.78 is 12.0. The highest BCUT2D eigenvalue weighted by atomic mass is 16.5. The van der Waals surface area contributed by atoms with Crippen molar-refractivity contribution in [2.75, 3.05) is 24.4 Å². The molecule has 1 amide bonds. The minimum Gasteiger partial charge on any atom is -0.464 e. The molecule has 0 saturated heterocycles. The molecule has 0 bridgehead atoms. The average molecular weight is 443 g/mol. The number of aliphatic hydroxyl groups excluding tert-OH is 1. The Morgan fingerprint density at radius 2 is 2.06 bits per heavy atom. The Morgan fingerprint density at radius 3 is 2.69 bits per heavy atom. The largest absolute Gasteiger partial charge is 0.464 e. The van der Waals surface area contributed by atoms with E-state index in [1.165, 1.54) is 13.4 Å². The number of methoxy groups -OCH3 is 1. The highest BCUT2D eigenvalue weighted by molar-refractivity contribution is 6.14. The zero-order chi connectivity index (χ0) is 23.3. The SMILES string of the molecule is COC(=O)c1c(NC(=O)c2ccco2)c2cc(N[C@@H](C)CCO)cnc2n1CCC(C)C. The number of rotatable bonds is 10. The average Bonchev–Trinajstić information content (AvgIpc) is 3.39. The number of nitrogens with one attached hydrogen (secondary N) is 2. The molecule has 1 atom stereocenters. The van der Waals surface area contributed by atoms with E-state index >= 15 is 0 Å². The van der Waals surface area contributed by atoms with Crippen molar-refractivity contribution in [3.63, 3.8) is 0 Å². The maximum absolute atomic E-state index is 12.8. The van der Waals surface area contributed by atoms with Gasteiger partial charge in [0.1, 0.15) is 5.65 Å². The number of esters is 1. The summed E-state index contributed by atoms with van der Waals surface area (Å²) in [6, 6.07) is 5.02. The Morgan fingerprint density at radius 1 is 1.28 bits per heavy atom. The number of amides is 1. The van der Waals surface area contributed by atoms with E-state index in [4.69, 9.17) is 9.15 Å². The van der Waals surface area contributed by atoms with E-state index in [1.807, 2.05) is 13.0 Å². The molecule has 3 N–H and O–H groups in total. The molecule has 0 unspecified atom stereocenters. The minimum absolute atomic E-state index is 0.0171.